The third-order valence-corrected chi connectivity index (χ3v) is 6.92. The van der Waals surface area contributed by atoms with E-state index in [2.05, 4.69) is 0 Å². The van der Waals surface area contributed by atoms with Crippen LogP contribution in [0.2, 0.25) is 0 Å². The summed E-state index contributed by atoms with van der Waals surface area (Å²) in [6.07, 6.45) is 9.19. The molecule has 0 aliphatic heterocycles. The molecule has 0 heterocycles. The number of unbranched alkanes of at least 4 members (excludes halogenated alkanes) is 1. The highest BCUT2D eigenvalue weighted by atomic mass is 31.2. The number of hydrogen-bond donors (Lipinski definition) is 1. The lowest BCUT2D eigenvalue weighted by atomic mass is 9.88. The Hall–Kier alpha value is -0.680. The summed E-state index contributed by atoms with van der Waals surface area (Å²) in [4.78, 5) is 11.6. The van der Waals surface area contributed by atoms with Gasteiger partial charge < -0.3 is 19.1 Å². The van der Waals surface area contributed by atoms with Crippen LogP contribution in [0.3, 0.4) is 0 Å². The number of allylic oxidation sites excluding steroid dienone is 1. The average molecular weight is 376 g/mol. The van der Waals surface area contributed by atoms with Gasteiger partial charge in [0, 0.05) is 25.5 Å². The van der Waals surface area contributed by atoms with Gasteiger partial charge in [0.15, 0.2) is 0 Å². The van der Waals surface area contributed by atoms with Crippen molar-refractivity contribution in [1.82, 2.24) is 0 Å². The highest BCUT2D eigenvalue weighted by Gasteiger charge is 2.27. The lowest BCUT2D eigenvalue weighted by Crippen LogP contribution is -2.13. The lowest BCUT2D eigenvalue weighted by Gasteiger charge is -2.21. The smallest absolute Gasteiger partial charge is 0.331 e. The van der Waals surface area contributed by atoms with Crippen LogP contribution >= 0.6 is 7.37 Å². The zero-order valence-corrected chi connectivity index (χ0v) is 16.5. The zero-order valence-electron chi connectivity index (χ0n) is 15.6. The molecule has 0 saturated heterocycles. The second kappa shape index (κ2) is 12.6. The van der Waals surface area contributed by atoms with Gasteiger partial charge in [-0.15, -0.1) is 0 Å². The van der Waals surface area contributed by atoms with E-state index in [0.29, 0.717) is 25.8 Å². The molecule has 1 rings (SSSR count). The van der Waals surface area contributed by atoms with Crippen molar-refractivity contribution in [3.63, 3.8) is 0 Å². The van der Waals surface area contributed by atoms with Crippen molar-refractivity contribution in [2.24, 2.45) is 5.92 Å². The molecular weight excluding hydrogens is 343 g/mol. The van der Waals surface area contributed by atoms with Crippen molar-refractivity contribution in [3.8, 4) is 0 Å². The van der Waals surface area contributed by atoms with Crippen LogP contribution in [-0.4, -0.2) is 50.5 Å². The first-order valence-corrected chi connectivity index (χ1v) is 11.2. The van der Waals surface area contributed by atoms with Gasteiger partial charge in [0.25, 0.3) is 0 Å². The Balaban J connectivity index is 2.62. The zero-order chi connectivity index (χ0) is 18.5. The van der Waals surface area contributed by atoms with Crippen LogP contribution in [0.15, 0.2) is 11.6 Å². The van der Waals surface area contributed by atoms with Gasteiger partial charge in [-0.3, -0.25) is 4.57 Å². The molecule has 7 heteroatoms. The number of methoxy groups -OCH3 is 1. The molecule has 1 N–H and O–H groups in total. The molecule has 0 spiro atoms. The third kappa shape index (κ3) is 9.55. The fourth-order valence-corrected chi connectivity index (χ4v) is 5.47. The summed E-state index contributed by atoms with van der Waals surface area (Å²) < 4.78 is 28.6. The standard InChI is InChI=1S/C18H33O6P/c1-3-24-25(21,12-8-7-11-23-15-22-2)14-17(18(19)20)13-16-9-5-4-6-10-16/h13,16H,3-12,14-15H2,1-2H3,(H,19,20)/b17-13-. The molecule has 25 heavy (non-hydrogen) atoms. The molecule has 0 aromatic heterocycles. The Morgan fingerprint density at radius 1 is 1.24 bits per heavy atom. The van der Waals surface area contributed by atoms with Gasteiger partial charge in [-0.1, -0.05) is 25.3 Å². The number of ether oxygens (including phenoxy) is 2. The molecule has 1 atom stereocenters. The van der Waals surface area contributed by atoms with E-state index in [9.17, 15) is 14.5 Å². The van der Waals surface area contributed by atoms with Crippen LogP contribution in [0.25, 0.3) is 0 Å². The Labute approximate surface area is 151 Å². The first-order valence-electron chi connectivity index (χ1n) is 9.24. The van der Waals surface area contributed by atoms with E-state index in [1.54, 1.807) is 14.0 Å². The maximum Gasteiger partial charge on any atom is 0.331 e. The second-order valence-corrected chi connectivity index (χ2v) is 9.18. The van der Waals surface area contributed by atoms with Gasteiger partial charge in [0.1, 0.15) is 6.79 Å². The van der Waals surface area contributed by atoms with Crippen molar-refractivity contribution < 1.29 is 28.5 Å². The summed E-state index contributed by atoms with van der Waals surface area (Å²) in [5.41, 5.74) is 0.249. The summed E-state index contributed by atoms with van der Waals surface area (Å²) >= 11 is 0. The van der Waals surface area contributed by atoms with Crippen LogP contribution in [0.4, 0.5) is 0 Å². The van der Waals surface area contributed by atoms with Gasteiger partial charge in [0.2, 0.25) is 7.37 Å². The molecule has 0 radical (unpaired) electrons. The second-order valence-electron chi connectivity index (χ2n) is 6.53. The molecular formula is C18H33O6P. The topological polar surface area (TPSA) is 82.1 Å². The predicted octanol–water partition coefficient (Wildman–Crippen LogP) is 4.29. The summed E-state index contributed by atoms with van der Waals surface area (Å²) in [5.74, 6) is -0.689. The van der Waals surface area contributed by atoms with Gasteiger partial charge in [0.05, 0.1) is 12.8 Å². The fraction of sp³-hybridized carbons (Fsp3) is 0.833. The predicted molar refractivity (Wildman–Crippen MR) is 98.3 cm³/mol. The van der Waals surface area contributed by atoms with Gasteiger partial charge >= 0.3 is 5.97 Å². The molecule has 1 fully saturated rings. The Morgan fingerprint density at radius 2 is 1.96 bits per heavy atom. The third-order valence-electron chi connectivity index (χ3n) is 4.38. The number of carbonyl (C=O) groups is 1. The summed E-state index contributed by atoms with van der Waals surface area (Å²) in [6.45, 7) is 2.90. The Morgan fingerprint density at radius 3 is 2.56 bits per heavy atom. The minimum Gasteiger partial charge on any atom is -0.478 e. The van der Waals surface area contributed by atoms with Gasteiger partial charge in [-0.25, -0.2) is 4.79 Å². The monoisotopic (exact) mass is 376 g/mol. The maximum atomic E-state index is 13.1. The van der Waals surface area contributed by atoms with E-state index >= 15 is 0 Å². The Bertz CT molecular complexity index is 456. The molecule has 1 unspecified atom stereocenters. The van der Waals surface area contributed by atoms with Crippen LogP contribution in [-0.2, 0) is 23.4 Å². The van der Waals surface area contributed by atoms with Crippen molar-refractivity contribution in [2.45, 2.75) is 51.9 Å². The number of hydrogen-bond acceptors (Lipinski definition) is 5. The van der Waals surface area contributed by atoms with Crippen LogP contribution in [0, 0.1) is 5.92 Å². The number of carboxylic acid groups (broad SMARTS) is 1. The number of aliphatic carboxylic acids is 1. The van der Waals surface area contributed by atoms with Crippen molar-refractivity contribution in [1.29, 1.82) is 0 Å². The van der Waals surface area contributed by atoms with Crippen molar-refractivity contribution in [3.05, 3.63) is 11.6 Å². The first-order chi connectivity index (χ1) is 12.0. The highest BCUT2D eigenvalue weighted by Crippen LogP contribution is 2.49. The van der Waals surface area contributed by atoms with E-state index in [0.717, 1.165) is 32.1 Å². The summed E-state index contributed by atoms with van der Waals surface area (Å²) in [7, 11) is -1.42. The van der Waals surface area contributed by atoms with Gasteiger partial charge in [-0.2, -0.15) is 0 Å². The quantitative estimate of drug-likeness (QED) is 0.223. The van der Waals surface area contributed by atoms with E-state index in [1.807, 2.05) is 6.08 Å². The SMILES string of the molecule is CCOP(=O)(CCCCOCOC)C/C(=C/C1CCCCC1)C(=O)O. The lowest BCUT2D eigenvalue weighted by molar-refractivity contribution is -0.132. The van der Waals surface area contributed by atoms with Crippen LogP contribution in [0.1, 0.15) is 51.9 Å². The fourth-order valence-electron chi connectivity index (χ4n) is 3.16. The van der Waals surface area contributed by atoms with Crippen molar-refractivity contribution >= 4 is 13.3 Å². The molecule has 146 valence electrons. The molecule has 0 aromatic carbocycles. The molecule has 1 saturated carbocycles. The van der Waals surface area contributed by atoms with E-state index in [1.165, 1.54) is 6.42 Å². The normalized spacial score (nSPS) is 18.9. The van der Waals surface area contributed by atoms with E-state index in [4.69, 9.17) is 14.0 Å². The molecule has 0 aromatic rings. The Kier molecular flexibility index (Phi) is 11.3. The van der Waals surface area contributed by atoms with Crippen molar-refractivity contribution in [2.75, 3.05) is 39.4 Å². The average Bonchev–Trinajstić information content (AvgIpc) is 2.58. The summed E-state index contributed by atoms with van der Waals surface area (Å²) in [6, 6.07) is 0. The van der Waals surface area contributed by atoms with E-state index in [-0.39, 0.29) is 24.4 Å². The van der Waals surface area contributed by atoms with Gasteiger partial charge in [-0.05, 0) is 38.5 Å². The van der Waals surface area contributed by atoms with Crippen LogP contribution < -0.4 is 0 Å². The minimum atomic E-state index is -2.99. The molecule has 1 aliphatic rings. The molecule has 0 bridgehead atoms. The number of carboxylic acids is 1. The molecule has 6 nitrogen and oxygen atoms in total. The summed E-state index contributed by atoms with van der Waals surface area (Å²) in [5, 5.41) is 9.53. The van der Waals surface area contributed by atoms with Crippen LogP contribution in [0.5, 0.6) is 0 Å². The first kappa shape index (κ1) is 22.4. The maximum absolute atomic E-state index is 13.1. The highest BCUT2D eigenvalue weighted by molar-refractivity contribution is 7.59. The largest absolute Gasteiger partial charge is 0.478 e. The number of rotatable bonds is 13. The molecule has 0 amide bonds. The van der Waals surface area contributed by atoms with E-state index < -0.39 is 13.3 Å². The molecule has 1 aliphatic carbocycles. The minimum absolute atomic E-state index is 0.0194.